The number of hydrogen-bond acceptors (Lipinski definition) is 6. The van der Waals surface area contributed by atoms with Crippen LogP contribution in [0.3, 0.4) is 0 Å². The number of hydrogen-bond donors (Lipinski definition) is 1. The largest absolute Gasteiger partial charge is 0.383 e. The SMILES string of the molecule is COCCN(CCOC)Cc1cc(CN)no1. The Hall–Kier alpha value is -0.950. The second-order valence-corrected chi connectivity index (χ2v) is 3.75. The lowest BCUT2D eigenvalue weighted by atomic mass is 10.3. The van der Waals surface area contributed by atoms with Gasteiger partial charge in [0.2, 0.25) is 0 Å². The first-order valence-corrected chi connectivity index (χ1v) is 5.65. The van der Waals surface area contributed by atoms with E-state index in [1.54, 1.807) is 14.2 Å². The zero-order valence-corrected chi connectivity index (χ0v) is 10.5. The Balaban J connectivity index is 2.45. The quantitative estimate of drug-likeness (QED) is 0.669. The third-order valence-corrected chi connectivity index (χ3v) is 2.42. The molecule has 0 aliphatic rings. The minimum absolute atomic E-state index is 0.402. The predicted octanol–water partition coefficient (Wildman–Crippen LogP) is 0.228. The zero-order valence-electron chi connectivity index (χ0n) is 10.5. The summed E-state index contributed by atoms with van der Waals surface area (Å²) < 4.78 is 15.3. The van der Waals surface area contributed by atoms with Crippen LogP contribution in [0.5, 0.6) is 0 Å². The molecule has 6 heteroatoms. The van der Waals surface area contributed by atoms with Gasteiger partial charge in [-0.15, -0.1) is 0 Å². The van der Waals surface area contributed by atoms with E-state index in [1.165, 1.54) is 0 Å². The molecule has 0 unspecified atom stereocenters. The minimum Gasteiger partial charge on any atom is -0.383 e. The second-order valence-electron chi connectivity index (χ2n) is 3.75. The van der Waals surface area contributed by atoms with Crippen molar-refractivity contribution in [3.63, 3.8) is 0 Å². The van der Waals surface area contributed by atoms with Crippen molar-refractivity contribution in [2.45, 2.75) is 13.1 Å². The first kappa shape index (κ1) is 14.1. The fraction of sp³-hybridized carbons (Fsp3) is 0.727. The average Bonchev–Trinajstić information content (AvgIpc) is 2.80. The van der Waals surface area contributed by atoms with Crippen molar-refractivity contribution in [2.75, 3.05) is 40.5 Å². The fourth-order valence-corrected chi connectivity index (χ4v) is 1.46. The molecular weight excluding hydrogens is 222 g/mol. The van der Waals surface area contributed by atoms with Crippen molar-refractivity contribution in [2.24, 2.45) is 5.73 Å². The maximum atomic E-state index is 5.48. The van der Waals surface area contributed by atoms with Gasteiger partial charge in [0, 0.05) is 39.9 Å². The number of ether oxygens (including phenoxy) is 2. The van der Waals surface area contributed by atoms with Gasteiger partial charge in [-0.3, -0.25) is 4.90 Å². The molecule has 17 heavy (non-hydrogen) atoms. The summed E-state index contributed by atoms with van der Waals surface area (Å²) in [6, 6.07) is 1.88. The van der Waals surface area contributed by atoms with E-state index >= 15 is 0 Å². The number of nitrogens with zero attached hydrogens (tertiary/aromatic N) is 2. The van der Waals surface area contributed by atoms with Gasteiger partial charge in [0.1, 0.15) is 0 Å². The lowest BCUT2D eigenvalue weighted by Gasteiger charge is -2.19. The Morgan fingerprint density at radius 2 is 1.94 bits per heavy atom. The molecule has 0 spiro atoms. The van der Waals surface area contributed by atoms with Crippen molar-refractivity contribution < 1.29 is 14.0 Å². The van der Waals surface area contributed by atoms with Gasteiger partial charge in [-0.2, -0.15) is 0 Å². The molecule has 6 nitrogen and oxygen atoms in total. The molecular formula is C11H21N3O3. The van der Waals surface area contributed by atoms with E-state index in [9.17, 15) is 0 Å². The topological polar surface area (TPSA) is 73.8 Å². The normalized spacial score (nSPS) is 11.3. The van der Waals surface area contributed by atoms with E-state index in [2.05, 4.69) is 10.1 Å². The first-order chi connectivity index (χ1) is 8.30. The standard InChI is InChI=1S/C11H21N3O3/c1-15-5-3-14(4-6-16-2)9-11-7-10(8-12)13-17-11/h7H,3-6,8-9,12H2,1-2H3. The van der Waals surface area contributed by atoms with E-state index in [0.717, 1.165) is 24.5 Å². The molecule has 0 bridgehead atoms. The van der Waals surface area contributed by atoms with Crippen LogP contribution < -0.4 is 5.73 Å². The summed E-state index contributed by atoms with van der Waals surface area (Å²) in [7, 11) is 3.38. The molecule has 0 fully saturated rings. The summed E-state index contributed by atoms with van der Waals surface area (Å²) in [5.41, 5.74) is 6.25. The molecule has 0 atom stereocenters. The van der Waals surface area contributed by atoms with E-state index < -0.39 is 0 Å². The lowest BCUT2D eigenvalue weighted by molar-refractivity contribution is 0.104. The maximum absolute atomic E-state index is 5.48. The van der Waals surface area contributed by atoms with Crippen molar-refractivity contribution in [3.8, 4) is 0 Å². The number of nitrogens with two attached hydrogens (primary N) is 1. The third kappa shape index (κ3) is 5.27. The average molecular weight is 243 g/mol. The van der Waals surface area contributed by atoms with Gasteiger partial charge in [-0.05, 0) is 0 Å². The van der Waals surface area contributed by atoms with E-state index in [1.807, 2.05) is 6.07 Å². The molecule has 1 aromatic heterocycles. The Morgan fingerprint density at radius 3 is 2.41 bits per heavy atom. The number of aromatic nitrogens is 1. The highest BCUT2D eigenvalue weighted by molar-refractivity contribution is 5.04. The van der Waals surface area contributed by atoms with Crippen LogP contribution in [-0.2, 0) is 22.6 Å². The molecule has 0 aromatic carbocycles. The van der Waals surface area contributed by atoms with Gasteiger partial charge in [0.05, 0.1) is 25.5 Å². The Bertz CT molecular complexity index is 296. The van der Waals surface area contributed by atoms with Crippen LogP contribution >= 0.6 is 0 Å². The molecule has 0 saturated carbocycles. The van der Waals surface area contributed by atoms with Crippen LogP contribution in [0.25, 0.3) is 0 Å². The minimum atomic E-state index is 0.402. The van der Waals surface area contributed by atoms with Gasteiger partial charge in [-0.25, -0.2) is 0 Å². The van der Waals surface area contributed by atoms with Crippen LogP contribution in [-0.4, -0.2) is 50.6 Å². The van der Waals surface area contributed by atoms with E-state index in [-0.39, 0.29) is 0 Å². The molecule has 0 aliphatic heterocycles. The molecule has 1 rings (SSSR count). The highest BCUT2D eigenvalue weighted by Crippen LogP contribution is 2.06. The molecule has 0 radical (unpaired) electrons. The monoisotopic (exact) mass is 243 g/mol. The smallest absolute Gasteiger partial charge is 0.151 e. The molecule has 98 valence electrons. The highest BCUT2D eigenvalue weighted by Gasteiger charge is 2.09. The van der Waals surface area contributed by atoms with Crippen molar-refractivity contribution in [1.29, 1.82) is 0 Å². The summed E-state index contributed by atoms with van der Waals surface area (Å²) in [6.07, 6.45) is 0. The highest BCUT2D eigenvalue weighted by atomic mass is 16.5. The van der Waals surface area contributed by atoms with Gasteiger partial charge in [-0.1, -0.05) is 5.16 Å². The third-order valence-electron chi connectivity index (χ3n) is 2.42. The molecule has 1 heterocycles. The van der Waals surface area contributed by atoms with Crippen molar-refractivity contribution in [1.82, 2.24) is 10.1 Å². The maximum Gasteiger partial charge on any atom is 0.151 e. The van der Waals surface area contributed by atoms with Crippen LogP contribution in [0.1, 0.15) is 11.5 Å². The van der Waals surface area contributed by atoms with Gasteiger partial charge in [0.15, 0.2) is 5.76 Å². The van der Waals surface area contributed by atoms with Gasteiger partial charge >= 0.3 is 0 Å². The van der Waals surface area contributed by atoms with Crippen LogP contribution in [0.15, 0.2) is 10.6 Å². The number of rotatable bonds is 9. The molecule has 0 aliphatic carbocycles. The molecule has 0 amide bonds. The molecule has 2 N–H and O–H groups in total. The van der Waals surface area contributed by atoms with Crippen LogP contribution in [0, 0.1) is 0 Å². The molecule has 0 saturated heterocycles. The van der Waals surface area contributed by atoms with Crippen LogP contribution in [0.4, 0.5) is 0 Å². The molecule has 1 aromatic rings. The zero-order chi connectivity index (χ0) is 12.5. The van der Waals surface area contributed by atoms with Gasteiger partial charge < -0.3 is 19.7 Å². The first-order valence-electron chi connectivity index (χ1n) is 5.65. The Morgan fingerprint density at radius 1 is 1.29 bits per heavy atom. The predicted molar refractivity (Wildman–Crippen MR) is 63.4 cm³/mol. The number of methoxy groups -OCH3 is 2. The summed E-state index contributed by atoms with van der Waals surface area (Å²) in [4.78, 5) is 2.19. The van der Waals surface area contributed by atoms with E-state index in [0.29, 0.717) is 26.3 Å². The van der Waals surface area contributed by atoms with Gasteiger partial charge in [0.25, 0.3) is 0 Å². The second kappa shape index (κ2) is 8.19. The summed E-state index contributed by atoms with van der Waals surface area (Å²) >= 11 is 0. The Kier molecular flexibility index (Phi) is 6.80. The summed E-state index contributed by atoms with van der Waals surface area (Å²) in [5, 5.41) is 3.86. The Labute approximate surface area is 102 Å². The summed E-state index contributed by atoms with van der Waals surface area (Å²) in [5.74, 6) is 0.817. The van der Waals surface area contributed by atoms with Crippen molar-refractivity contribution in [3.05, 3.63) is 17.5 Å². The van der Waals surface area contributed by atoms with Crippen LogP contribution in [0.2, 0.25) is 0 Å². The summed E-state index contributed by atoms with van der Waals surface area (Å²) in [6.45, 7) is 4.12. The fourth-order valence-electron chi connectivity index (χ4n) is 1.46. The lowest BCUT2D eigenvalue weighted by Crippen LogP contribution is -2.30. The van der Waals surface area contributed by atoms with Crippen molar-refractivity contribution >= 4 is 0 Å². The van der Waals surface area contributed by atoms with E-state index in [4.69, 9.17) is 19.7 Å².